The molecule has 1 aromatic rings. The van der Waals surface area contributed by atoms with Crippen LogP contribution in [-0.4, -0.2) is 6.54 Å². The van der Waals surface area contributed by atoms with Crippen LogP contribution in [-0.2, 0) is 0 Å². The van der Waals surface area contributed by atoms with Crippen molar-refractivity contribution >= 4 is 0 Å². The second-order valence-corrected chi connectivity index (χ2v) is 4.91. The van der Waals surface area contributed by atoms with Gasteiger partial charge in [0, 0.05) is 11.6 Å². The van der Waals surface area contributed by atoms with Gasteiger partial charge in [0.1, 0.15) is 11.6 Å². The molecule has 0 saturated carbocycles. The molecule has 106 valence electrons. The van der Waals surface area contributed by atoms with Gasteiger partial charge in [0.15, 0.2) is 0 Å². The third-order valence-electron chi connectivity index (χ3n) is 3.30. The van der Waals surface area contributed by atoms with Crippen LogP contribution in [0.4, 0.5) is 8.78 Å². The number of hydrogen-bond donors (Lipinski definition) is 1. The first-order chi connectivity index (χ1) is 9.01. The van der Waals surface area contributed by atoms with Crippen molar-refractivity contribution in [2.45, 2.75) is 46.1 Å². The van der Waals surface area contributed by atoms with Crippen LogP contribution >= 0.6 is 0 Å². The summed E-state index contributed by atoms with van der Waals surface area (Å²) in [5.74, 6) is -0.932. The molecule has 1 aromatic carbocycles. The topological polar surface area (TPSA) is 12.0 Å². The number of rotatable bonds is 7. The van der Waals surface area contributed by atoms with Crippen molar-refractivity contribution in [3.8, 4) is 0 Å². The van der Waals surface area contributed by atoms with Crippen LogP contribution in [0.2, 0.25) is 0 Å². The molecule has 1 unspecified atom stereocenters. The highest BCUT2D eigenvalue weighted by atomic mass is 19.1. The zero-order chi connectivity index (χ0) is 14.4. The maximum atomic E-state index is 14.2. The van der Waals surface area contributed by atoms with Crippen molar-refractivity contribution in [1.82, 2.24) is 5.32 Å². The summed E-state index contributed by atoms with van der Waals surface area (Å²) in [4.78, 5) is 0. The second-order valence-electron chi connectivity index (χ2n) is 4.91. The fourth-order valence-electron chi connectivity index (χ4n) is 2.03. The first-order valence-electron chi connectivity index (χ1n) is 6.85. The van der Waals surface area contributed by atoms with Crippen molar-refractivity contribution in [2.24, 2.45) is 0 Å². The van der Waals surface area contributed by atoms with Crippen LogP contribution in [0.1, 0.15) is 50.3 Å². The second kappa shape index (κ2) is 7.39. The number of halogens is 2. The zero-order valence-corrected chi connectivity index (χ0v) is 12.0. The van der Waals surface area contributed by atoms with E-state index in [1.165, 1.54) is 12.1 Å². The van der Waals surface area contributed by atoms with E-state index < -0.39 is 11.6 Å². The van der Waals surface area contributed by atoms with Gasteiger partial charge in [-0.3, -0.25) is 0 Å². The predicted molar refractivity (Wildman–Crippen MR) is 76.2 cm³/mol. The largest absolute Gasteiger partial charge is 0.309 e. The Labute approximate surface area is 114 Å². The van der Waals surface area contributed by atoms with Gasteiger partial charge >= 0.3 is 0 Å². The van der Waals surface area contributed by atoms with Gasteiger partial charge in [0.05, 0.1) is 0 Å². The highest BCUT2D eigenvalue weighted by Gasteiger charge is 2.21. The third kappa shape index (κ3) is 4.13. The standard InChI is InChI=1S/C16H23F2N/c1-5-9-19-14(10-11(3)6-2)15-13(17)8-7-12(4)16(15)18/h7-8,14,19H,3,5-6,9-10H2,1-2,4H3. The molecular formula is C16H23F2N. The molecule has 0 saturated heterocycles. The summed E-state index contributed by atoms with van der Waals surface area (Å²) < 4.78 is 28.1. The molecule has 0 spiro atoms. The molecular weight excluding hydrogens is 244 g/mol. The van der Waals surface area contributed by atoms with Crippen LogP contribution < -0.4 is 5.32 Å². The molecule has 3 heteroatoms. The fourth-order valence-corrected chi connectivity index (χ4v) is 2.03. The van der Waals surface area contributed by atoms with E-state index in [-0.39, 0.29) is 11.6 Å². The first kappa shape index (κ1) is 15.8. The fraction of sp³-hybridized carbons (Fsp3) is 0.500. The van der Waals surface area contributed by atoms with Gasteiger partial charge < -0.3 is 5.32 Å². The Balaban J connectivity index is 3.09. The summed E-state index contributed by atoms with van der Waals surface area (Å²) in [5.41, 5.74) is 1.61. The molecule has 0 aliphatic rings. The van der Waals surface area contributed by atoms with Crippen LogP contribution in [0.3, 0.4) is 0 Å². The summed E-state index contributed by atoms with van der Waals surface area (Å²) in [6.07, 6.45) is 2.30. The van der Waals surface area contributed by atoms with Crippen LogP contribution in [0, 0.1) is 18.6 Å². The van der Waals surface area contributed by atoms with E-state index in [9.17, 15) is 8.78 Å². The van der Waals surface area contributed by atoms with E-state index in [4.69, 9.17) is 0 Å². The Morgan fingerprint density at radius 2 is 2.00 bits per heavy atom. The lowest BCUT2D eigenvalue weighted by molar-refractivity contribution is 0.459. The van der Waals surface area contributed by atoms with E-state index in [0.29, 0.717) is 12.0 Å². The SMILES string of the molecule is C=C(CC)CC(NCCC)c1c(F)ccc(C)c1F. The summed E-state index contributed by atoms with van der Waals surface area (Å²) in [5, 5.41) is 3.22. The van der Waals surface area contributed by atoms with Gasteiger partial charge in [-0.05, 0) is 44.4 Å². The minimum atomic E-state index is -0.486. The first-order valence-corrected chi connectivity index (χ1v) is 6.85. The summed E-state index contributed by atoms with van der Waals surface area (Å²) in [6.45, 7) is 10.4. The van der Waals surface area contributed by atoms with Crippen molar-refractivity contribution in [3.63, 3.8) is 0 Å². The molecule has 1 rings (SSSR count). The lowest BCUT2D eigenvalue weighted by atomic mass is 9.95. The molecule has 0 heterocycles. The lowest BCUT2D eigenvalue weighted by Gasteiger charge is -2.21. The summed E-state index contributed by atoms with van der Waals surface area (Å²) in [7, 11) is 0. The monoisotopic (exact) mass is 267 g/mol. The van der Waals surface area contributed by atoms with Crippen LogP contribution in [0.15, 0.2) is 24.3 Å². The van der Waals surface area contributed by atoms with Crippen molar-refractivity contribution in [3.05, 3.63) is 47.0 Å². The molecule has 0 aromatic heterocycles. The Bertz CT molecular complexity index is 441. The predicted octanol–water partition coefficient (Wildman–Crippen LogP) is 4.67. The van der Waals surface area contributed by atoms with Crippen LogP contribution in [0.25, 0.3) is 0 Å². The number of benzene rings is 1. The Kier molecular flexibility index (Phi) is 6.16. The van der Waals surface area contributed by atoms with Gasteiger partial charge in [-0.15, -0.1) is 0 Å². The van der Waals surface area contributed by atoms with Gasteiger partial charge in [-0.25, -0.2) is 8.78 Å². The normalized spacial score (nSPS) is 12.5. The lowest BCUT2D eigenvalue weighted by Crippen LogP contribution is -2.25. The average Bonchev–Trinajstić information content (AvgIpc) is 2.40. The maximum Gasteiger partial charge on any atom is 0.133 e. The summed E-state index contributed by atoms with van der Waals surface area (Å²) in [6, 6.07) is 2.47. The van der Waals surface area contributed by atoms with E-state index in [1.54, 1.807) is 6.92 Å². The van der Waals surface area contributed by atoms with Crippen molar-refractivity contribution < 1.29 is 8.78 Å². The molecule has 1 nitrogen and oxygen atoms in total. The van der Waals surface area contributed by atoms with E-state index in [2.05, 4.69) is 11.9 Å². The molecule has 0 aliphatic heterocycles. The highest BCUT2D eigenvalue weighted by molar-refractivity contribution is 5.30. The molecule has 0 radical (unpaired) electrons. The maximum absolute atomic E-state index is 14.2. The molecule has 19 heavy (non-hydrogen) atoms. The molecule has 1 N–H and O–H groups in total. The van der Waals surface area contributed by atoms with Crippen molar-refractivity contribution in [1.29, 1.82) is 0 Å². The third-order valence-corrected chi connectivity index (χ3v) is 3.30. The molecule has 1 atom stereocenters. The van der Waals surface area contributed by atoms with E-state index in [0.717, 1.165) is 25.0 Å². The number of aryl methyl sites for hydroxylation is 1. The van der Waals surface area contributed by atoms with E-state index in [1.807, 2.05) is 13.8 Å². The van der Waals surface area contributed by atoms with Gasteiger partial charge in [0.25, 0.3) is 0 Å². The van der Waals surface area contributed by atoms with Gasteiger partial charge in [0.2, 0.25) is 0 Å². The Hall–Kier alpha value is -1.22. The molecule has 0 bridgehead atoms. The van der Waals surface area contributed by atoms with E-state index >= 15 is 0 Å². The Morgan fingerprint density at radius 3 is 2.58 bits per heavy atom. The Morgan fingerprint density at radius 1 is 1.32 bits per heavy atom. The molecule has 0 fully saturated rings. The minimum absolute atomic E-state index is 0.142. The van der Waals surface area contributed by atoms with Crippen LogP contribution in [0.5, 0.6) is 0 Å². The summed E-state index contributed by atoms with van der Waals surface area (Å²) >= 11 is 0. The van der Waals surface area contributed by atoms with Gasteiger partial charge in [-0.1, -0.05) is 32.1 Å². The quantitative estimate of drug-likeness (QED) is 0.708. The molecule has 0 aliphatic carbocycles. The number of hydrogen-bond acceptors (Lipinski definition) is 1. The zero-order valence-electron chi connectivity index (χ0n) is 12.0. The van der Waals surface area contributed by atoms with Crippen molar-refractivity contribution in [2.75, 3.05) is 6.54 Å². The smallest absolute Gasteiger partial charge is 0.133 e. The van der Waals surface area contributed by atoms with Gasteiger partial charge in [-0.2, -0.15) is 0 Å². The highest BCUT2D eigenvalue weighted by Crippen LogP contribution is 2.28. The number of nitrogens with one attached hydrogen (secondary N) is 1. The minimum Gasteiger partial charge on any atom is -0.309 e. The average molecular weight is 267 g/mol. The molecule has 0 amide bonds.